The molecule has 1 fully saturated rings. The van der Waals surface area contributed by atoms with Gasteiger partial charge in [0.2, 0.25) is 5.72 Å². The van der Waals surface area contributed by atoms with Gasteiger partial charge in [-0.2, -0.15) is 0 Å². The van der Waals surface area contributed by atoms with Crippen LogP contribution < -0.4 is 15.0 Å². The lowest BCUT2D eigenvalue weighted by Crippen LogP contribution is -2.71. The van der Waals surface area contributed by atoms with Crippen molar-refractivity contribution in [2.45, 2.75) is 18.7 Å². The monoisotopic (exact) mass is 466 g/mol. The third-order valence-electron chi connectivity index (χ3n) is 4.98. The first-order chi connectivity index (χ1) is 12.8. The second-order valence-electron chi connectivity index (χ2n) is 6.58. The molecule has 27 heavy (non-hydrogen) atoms. The number of benzene rings is 2. The number of carbonyl (C=O) groups is 1. The molecule has 140 valence electrons. The van der Waals surface area contributed by atoms with Crippen LogP contribution in [0.2, 0.25) is 5.02 Å². The first-order valence-electron chi connectivity index (χ1n) is 8.28. The van der Waals surface area contributed by atoms with E-state index in [0.717, 1.165) is 15.7 Å². The van der Waals surface area contributed by atoms with Crippen molar-refractivity contribution < 1.29 is 14.3 Å². The lowest BCUT2D eigenvalue weighted by atomic mass is 9.79. The second kappa shape index (κ2) is 6.65. The fraction of sp³-hybridized carbons (Fsp3) is 0.263. The zero-order valence-corrected chi connectivity index (χ0v) is 17.7. The fourth-order valence-electron chi connectivity index (χ4n) is 3.85. The molecule has 2 heterocycles. The van der Waals surface area contributed by atoms with Crippen molar-refractivity contribution in [2.75, 3.05) is 12.0 Å². The number of nitrogens with zero attached hydrogens (tertiary/aromatic N) is 1. The Morgan fingerprint density at radius 2 is 2.15 bits per heavy atom. The van der Waals surface area contributed by atoms with E-state index in [0.29, 0.717) is 15.9 Å². The van der Waals surface area contributed by atoms with Crippen LogP contribution in [0.1, 0.15) is 18.5 Å². The van der Waals surface area contributed by atoms with Gasteiger partial charge in [-0.1, -0.05) is 33.6 Å². The van der Waals surface area contributed by atoms with Crippen molar-refractivity contribution in [1.82, 2.24) is 5.32 Å². The number of hydrogen-bond donors (Lipinski definition) is 1. The SMILES string of the molecule is COC(=O)[C@H]1[C@H]2NC(=S)N(c3cccc(Cl)c3)[C@@]1(C)Oc1ccc(Br)cc12. The molecule has 2 bridgehead atoms. The summed E-state index contributed by atoms with van der Waals surface area (Å²) in [4.78, 5) is 14.6. The van der Waals surface area contributed by atoms with Crippen molar-refractivity contribution in [1.29, 1.82) is 0 Å². The summed E-state index contributed by atoms with van der Waals surface area (Å²) in [5, 5.41) is 4.32. The fourth-order valence-corrected chi connectivity index (χ4v) is 4.82. The van der Waals surface area contributed by atoms with Crippen LogP contribution in [0.5, 0.6) is 5.75 Å². The van der Waals surface area contributed by atoms with E-state index in [1.165, 1.54) is 7.11 Å². The van der Waals surface area contributed by atoms with E-state index >= 15 is 0 Å². The van der Waals surface area contributed by atoms with Crippen LogP contribution >= 0.6 is 39.7 Å². The van der Waals surface area contributed by atoms with E-state index in [-0.39, 0.29) is 12.0 Å². The molecule has 0 radical (unpaired) electrons. The number of nitrogens with one attached hydrogen (secondary N) is 1. The first kappa shape index (κ1) is 18.5. The molecule has 1 N–H and O–H groups in total. The van der Waals surface area contributed by atoms with Gasteiger partial charge in [-0.15, -0.1) is 0 Å². The van der Waals surface area contributed by atoms with Crippen LogP contribution in [0.3, 0.4) is 0 Å². The minimum absolute atomic E-state index is 0.369. The van der Waals surface area contributed by atoms with Gasteiger partial charge in [0.25, 0.3) is 0 Å². The van der Waals surface area contributed by atoms with Gasteiger partial charge in [0.15, 0.2) is 5.11 Å². The average molecular weight is 468 g/mol. The number of ether oxygens (including phenoxy) is 2. The van der Waals surface area contributed by atoms with Crippen LogP contribution in [-0.4, -0.2) is 23.9 Å². The van der Waals surface area contributed by atoms with Gasteiger partial charge in [0.1, 0.15) is 11.7 Å². The summed E-state index contributed by atoms with van der Waals surface area (Å²) >= 11 is 15.3. The van der Waals surface area contributed by atoms with E-state index in [4.69, 9.17) is 33.3 Å². The highest BCUT2D eigenvalue weighted by atomic mass is 79.9. The molecule has 0 spiro atoms. The number of hydrogen-bond acceptors (Lipinski definition) is 4. The molecular weight excluding hydrogens is 452 g/mol. The zero-order valence-electron chi connectivity index (χ0n) is 14.5. The third-order valence-corrected chi connectivity index (χ3v) is 6.01. The summed E-state index contributed by atoms with van der Waals surface area (Å²) < 4.78 is 12.4. The molecule has 3 atom stereocenters. The normalized spacial score (nSPS) is 25.9. The number of halogens is 2. The summed E-state index contributed by atoms with van der Waals surface area (Å²) in [5.41, 5.74) is 0.506. The highest BCUT2D eigenvalue weighted by Gasteiger charge is 2.59. The Kier molecular flexibility index (Phi) is 4.56. The van der Waals surface area contributed by atoms with Gasteiger partial charge in [0.05, 0.1) is 13.2 Å². The predicted octanol–water partition coefficient (Wildman–Crippen LogP) is 4.44. The molecular formula is C19H16BrClN2O3S. The molecule has 2 aromatic rings. The summed E-state index contributed by atoms with van der Waals surface area (Å²) in [7, 11) is 1.37. The smallest absolute Gasteiger partial charge is 0.317 e. The zero-order chi connectivity index (χ0) is 19.3. The Bertz CT molecular complexity index is 956. The lowest BCUT2D eigenvalue weighted by molar-refractivity contribution is -0.157. The molecule has 8 heteroatoms. The number of thiocarbonyl (C=S) groups is 1. The van der Waals surface area contributed by atoms with Gasteiger partial charge < -0.3 is 14.8 Å². The minimum Gasteiger partial charge on any atom is -0.469 e. The molecule has 0 saturated carbocycles. The number of anilines is 1. The summed E-state index contributed by atoms with van der Waals surface area (Å²) in [6.45, 7) is 1.85. The minimum atomic E-state index is -1.08. The Balaban J connectivity index is 1.92. The van der Waals surface area contributed by atoms with E-state index < -0.39 is 11.6 Å². The van der Waals surface area contributed by atoms with Gasteiger partial charge in [-0.3, -0.25) is 9.69 Å². The summed E-state index contributed by atoms with van der Waals surface area (Å²) in [6.07, 6.45) is 0. The molecule has 0 unspecified atom stereocenters. The highest BCUT2D eigenvalue weighted by Crippen LogP contribution is 2.50. The topological polar surface area (TPSA) is 50.8 Å². The lowest BCUT2D eigenvalue weighted by Gasteiger charge is -2.55. The van der Waals surface area contributed by atoms with Gasteiger partial charge >= 0.3 is 5.97 Å². The van der Waals surface area contributed by atoms with E-state index in [1.54, 1.807) is 17.0 Å². The largest absolute Gasteiger partial charge is 0.469 e. The number of fused-ring (bicyclic) bond motifs is 4. The molecule has 0 aliphatic carbocycles. The quantitative estimate of drug-likeness (QED) is 0.521. The van der Waals surface area contributed by atoms with Gasteiger partial charge in [-0.05, 0) is 55.5 Å². The predicted molar refractivity (Wildman–Crippen MR) is 111 cm³/mol. The second-order valence-corrected chi connectivity index (χ2v) is 8.32. The van der Waals surface area contributed by atoms with Crippen LogP contribution in [0.4, 0.5) is 5.69 Å². The maximum absolute atomic E-state index is 12.8. The molecule has 1 saturated heterocycles. The standard InChI is InChI=1S/C19H16BrClN2O3S/c1-19-15(17(24)25-2)16(13-8-10(20)6-7-14(13)26-19)22-18(27)23(19)12-5-3-4-11(21)9-12/h3-9,15-16H,1-2H3,(H,22,27)/t15-,16+,19+/m1/s1. The number of carbonyl (C=O) groups excluding carboxylic acids is 1. The molecule has 0 aromatic heterocycles. The Morgan fingerprint density at radius 1 is 1.37 bits per heavy atom. The van der Waals surface area contributed by atoms with Crippen LogP contribution in [0.15, 0.2) is 46.9 Å². The van der Waals surface area contributed by atoms with Crippen molar-refractivity contribution in [3.8, 4) is 5.75 Å². The Morgan fingerprint density at radius 3 is 2.85 bits per heavy atom. The number of esters is 1. The first-order valence-corrected chi connectivity index (χ1v) is 9.85. The molecule has 0 amide bonds. The van der Waals surface area contributed by atoms with E-state index in [9.17, 15) is 4.79 Å². The van der Waals surface area contributed by atoms with Crippen molar-refractivity contribution >= 4 is 56.5 Å². The van der Waals surface area contributed by atoms with Crippen LogP contribution in [-0.2, 0) is 9.53 Å². The van der Waals surface area contributed by atoms with E-state index in [1.807, 2.05) is 37.3 Å². The highest BCUT2D eigenvalue weighted by molar-refractivity contribution is 9.10. The maximum atomic E-state index is 12.8. The van der Waals surface area contributed by atoms with Gasteiger partial charge in [0, 0.05) is 20.7 Å². The van der Waals surface area contributed by atoms with Crippen LogP contribution in [0, 0.1) is 5.92 Å². The Hall–Kier alpha value is -1.83. The van der Waals surface area contributed by atoms with Crippen LogP contribution in [0.25, 0.3) is 0 Å². The van der Waals surface area contributed by atoms with Crippen molar-refractivity contribution in [3.63, 3.8) is 0 Å². The Labute approximate surface area is 175 Å². The molecule has 2 aliphatic rings. The van der Waals surface area contributed by atoms with E-state index in [2.05, 4.69) is 21.2 Å². The summed E-state index contributed by atoms with van der Waals surface area (Å²) in [5.74, 6) is -0.335. The van der Waals surface area contributed by atoms with Crippen molar-refractivity contribution in [3.05, 3.63) is 57.5 Å². The van der Waals surface area contributed by atoms with Gasteiger partial charge in [-0.25, -0.2) is 0 Å². The third kappa shape index (κ3) is 2.88. The van der Waals surface area contributed by atoms with Crippen molar-refractivity contribution in [2.24, 2.45) is 5.92 Å². The molecule has 2 aliphatic heterocycles. The molecule has 4 rings (SSSR count). The number of rotatable bonds is 2. The summed E-state index contributed by atoms with van der Waals surface area (Å²) in [6, 6.07) is 12.6. The maximum Gasteiger partial charge on any atom is 0.317 e. The molecule has 5 nitrogen and oxygen atoms in total. The molecule has 2 aromatic carbocycles. The number of methoxy groups -OCH3 is 1. The average Bonchev–Trinajstić information content (AvgIpc) is 2.61.